The summed E-state index contributed by atoms with van der Waals surface area (Å²) in [6, 6.07) is 13.0. The first kappa shape index (κ1) is 17.8. The standard InChI is InChI=1S/C19H15NO5/c1-23-17-11-14(12-20)5-9-16(17)25-18(21)10-6-13-3-7-15(8-4-13)19(22)24-2/h3-11H,1-2H3/b10-6+. The molecule has 2 aromatic carbocycles. The van der Waals surface area contributed by atoms with Crippen LogP contribution >= 0.6 is 0 Å². The normalized spacial score (nSPS) is 10.1. The topological polar surface area (TPSA) is 85.6 Å². The lowest BCUT2D eigenvalue weighted by Gasteiger charge is -2.07. The van der Waals surface area contributed by atoms with Gasteiger partial charge < -0.3 is 14.2 Å². The van der Waals surface area contributed by atoms with E-state index in [1.54, 1.807) is 30.3 Å². The van der Waals surface area contributed by atoms with Gasteiger partial charge in [0.15, 0.2) is 11.5 Å². The Morgan fingerprint density at radius 1 is 1.04 bits per heavy atom. The van der Waals surface area contributed by atoms with Gasteiger partial charge in [0.25, 0.3) is 0 Å². The van der Waals surface area contributed by atoms with E-state index in [9.17, 15) is 9.59 Å². The zero-order chi connectivity index (χ0) is 18.2. The van der Waals surface area contributed by atoms with Crippen molar-refractivity contribution in [3.05, 3.63) is 65.2 Å². The molecule has 0 atom stereocenters. The Bertz CT molecular complexity index is 847. The van der Waals surface area contributed by atoms with Gasteiger partial charge in [-0.15, -0.1) is 0 Å². The van der Waals surface area contributed by atoms with Gasteiger partial charge in [-0.3, -0.25) is 0 Å². The summed E-state index contributed by atoms with van der Waals surface area (Å²) in [4.78, 5) is 23.3. The van der Waals surface area contributed by atoms with Crippen LogP contribution in [0.3, 0.4) is 0 Å². The van der Waals surface area contributed by atoms with Crippen molar-refractivity contribution in [2.24, 2.45) is 0 Å². The molecule has 0 aliphatic rings. The number of benzene rings is 2. The molecular formula is C19H15NO5. The molecule has 0 amide bonds. The molecular weight excluding hydrogens is 322 g/mol. The van der Waals surface area contributed by atoms with E-state index in [-0.39, 0.29) is 5.75 Å². The summed E-state index contributed by atoms with van der Waals surface area (Å²) in [5, 5.41) is 8.86. The van der Waals surface area contributed by atoms with E-state index in [1.807, 2.05) is 6.07 Å². The predicted octanol–water partition coefficient (Wildman–Crippen LogP) is 2.97. The number of carbonyl (C=O) groups is 2. The third-order valence-corrected chi connectivity index (χ3v) is 3.25. The SMILES string of the molecule is COC(=O)c1ccc(/C=C/C(=O)Oc2ccc(C#N)cc2OC)cc1. The number of carbonyl (C=O) groups excluding carboxylic acids is 2. The second-order valence-corrected chi connectivity index (χ2v) is 4.85. The quantitative estimate of drug-likeness (QED) is 0.474. The van der Waals surface area contributed by atoms with Gasteiger partial charge in [-0.05, 0) is 35.9 Å². The molecule has 0 aliphatic carbocycles. The Labute approximate surface area is 144 Å². The zero-order valence-corrected chi connectivity index (χ0v) is 13.7. The van der Waals surface area contributed by atoms with Crippen LogP contribution in [0.15, 0.2) is 48.5 Å². The van der Waals surface area contributed by atoms with Crippen LogP contribution < -0.4 is 9.47 Å². The molecule has 126 valence electrons. The van der Waals surface area contributed by atoms with E-state index in [2.05, 4.69) is 4.74 Å². The fourth-order valence-electron chi connectivity index (χ4n) is 1.98. The van der Waals surface area contributed by atoms with Crippen LogP contribution in [0.4, 0.5) is 0 Å². The molecule has 0 bridgehead atoms. The molecule has 6 nitrogen and oxygen atoms in total. The molecule has 0 aromatic heterocycles. The summed E-state index contributed by atoms with van der Waals surface area (Å²) in [5.74, 6) is -0.511. The van der Waals surface area contributed by atoms with E-state index in [0.29, 0.717) is 16.9 Å². The monoisotopic (exact) mass is 337 g/mol. The number of methoxy groups -OCH3 is 2. The first-order chi connectivity index (χ1) is 12.1. The molecule has 0 heterocycles. The molecule has 0 aliphatic heterocycles. The number of nitrogens with zero attached hydrogens (tertiary/aromatic N) is 1. The molecule has 0 N–H and O–H groups in total. The average molecular weight is 337 g/mol. The summed E-state index contributed by atoms with van der Waals surface area (Å²) >= 11 is 0. The van der Waals surface area contributed by atoms with Crippen molar-refractivity contribution < 1.29 is 23.8 Å². The van der Waals surface area contributed by atoms with E-state index in [1.165, 1.54) is 38.5 Å². The maximum Gasteiger partial charge on any atom is 0.337 e. The van der Waals surface area contributed by atoms with Gasteiger partial charge in [0.1, 0.15) is 0 Å². The van der Waals surface area contributed by atoms with Gasteiger partial charge in [-0.25, -0.2) is 9.59 Å². The molecule has 25 heavy (non-hydrogen) atoms. The van der Waals surface area contributed by atoms with Crippen LogP contribution in [0.2, 0.25) is 0 Å². The third-order valence-electron chi connectivity index (χ3n) is 3.25. The van der Waals surface area contributed by atoms with Gasteiger partial charge in [0, 0.05) is 12.1 Å². The highest BCUT2D eigenvalue weighted by Crippen LogP contribution is 2.28. The Morgan fingerprint density at radius 3 is 2.36 bits per heavy atom. The number of hydrogen-bond donors (Lipinski definition) is 0. The maximum absolute atomic E-state index is 11.9. The number of ether oxygens (including phenoxy) is 3. The van der Waals surface area contributed by atoms with Crippen molar-refractivity contribution in [3.8, 4) is 17.6 Å². The van der Waals surface area contributed by atoms with E-state index >= 15 is 0 Å². The van der Waals surface area contributed by atoms with E-state index < -0.39 is 11.9 Å². The third kappa shape index (κ3) is 4.69. The minimum absolute atomic E-state index is 0.220. The van der Waals surface area contributed by atoms with Crippen LogP contribution in [0, 0.1) is 11.3 Å². The van der Waals surface area contributed by atoms with Crippen molar-refractivity contribution in [1.29, 1.82) is 5.26 Å². The Kier molecular flexibility index (Phi) is 5.91. The minimum atomic E-state index is -0.597. The highest BCUT2D eigenvalue weighted by Gasteiger charge is 2.09. The molecule has 0 saturated carbocycles. The lowest BCUT2D eigenvalue weighted by molar-refractivity contribution is -0.129. The lowest BCUT2D eigenvalue weighted by Crippen LogP contribution is -2.05. The second kappa shape index (κ2) is 8.31. The van der Waals surface area contributed by atoms with Crippen LogP contribution in [0.5, 0.6) is 11.5 Å². The number of esters is 2. The van der Waals surface area contributed by atoms with Gasteiger partial charge in [-0.2, -0.15) is 5.26 Å². The first-order valence-corrected chi connectivity index (χ1v) is 7.23. The van der Waals surface area contributed by atoms with Crippen LogP contribution in [-0.2, 0) is 9.53 Å². The predicted molar refractivity (Wildman–Crippen MR) is 90.2 cm³/mol. The number of hydrogen-bond acceptors (Lipinski definition) is 6. The van der Waals surface area contributed by atoms with E-state index in [0.717, 1.165) is 5.56 Å². The summed E-state index contributed by atoms with van der Waals surface area (Å²) < 4.78 is 14.9. The summed E-state index contributed by atoms with van der Waals surface area (Å²) in [5.41, 5.74) is 1.54. The minimum Gasteiger partial charge on any atom is -0.493 e. The lowest BCUT2D eigenvalue weighted by atomic mass is 10.1. The zero-order valence-electron chi connectivity index (χ0n) is 13.7. The van der Waals surface area contributed by atoms with Crippen molar-refractivity contribution in [2.45, 2.75) is 0 Å². The molecule has 0 saturated heterocycles. The molecule has 2 aromatic rings. The molecule has 0 radical (unpaired) electrons. The Morgan fingerprint density at radius 2 is 1.76 bits per heavy atom. The van der Waals surface area contributed by atoms with Gasteiger partial charge >= 0.3 is 11.9 Å². The van der Waals surface area contributed by atoms with Gasteiger partial charge in [-0.1, -0.05) is 12.1 Å². The fourth-order valence-corrected chi connectivity index (χ4v) is 1.98. The van der Waals surface area contributed by atoms with Crippen molar-refractivity contribution in [3.63, 3.8) is 0 Å². The molecule has 0 spiro atoms. The van der Waals surface area contributed by atoms with Gasteiger partial charge in [0.2, 0.25) is 0 Å². The second-order valence-electron chi connectivity index (χ2n) is 4.85. The van der Waals surface area contributed by atoms with Crippen molar-refractivity contribution in [2.75, 3.05) is 14.2 Å². The van der Waals surface area contributed by atoms with Crippen LogP contribution in [0.1, 0.15) is 21.5 Å². The van der Waals surface area contributed by atoms with Crippen molar-refractivity contribution >= 4 is 18.0 Å². The Balaban J connectivity index is 2.06. The Hall–Kier alpha value is -3.59. The maximum atomic E-state index is 11.9. The summed E-state index contributed by atoms with van der Waals surface area (Å²) in [7, 11) is 2.73. The highest BCUT2D eigenvalue weighted by molar-refractivity contribution is 5.91. The highest BCUT2D eigenvalue weighted by atomic mass is 16.6. The fraction of sp³-hybridized carbons (Fsp3) is 0.105. The smallest absolute Gasteiger partial charge is 0.337 e. The molecule has 2 rings (SSSR count). The van der Waals surface area contributed by atoms with E-state index in [4.69, 9.17) is 14.7 Å². The van der Waals surface area contributed by atoms with Crippen LogP contribution in [-0.4, -0.2) is 26.2 Å². The molecule has 0 unspecified atom stereocenters. The number of nitriles is 1. The summed E-state index contributed by atoms with van der Waals surface area (Å²) in [6.07, 6.45) is 2.81. The van der Waals surface area contributed by atoms with Crippen molar-refractivity contribution in [1.82, 2.24) is 0 Å². The first-order valence-electron chi connectivity index (χ1n) is 7.23. The summed E-state index contributed by atoms with van der Waals surface area (Å²) in [6.45, 7) is 0. The molecule has 6 heteroatoms. The number of rotatable bonds is 5. The van der Waals surface area contributed by atoms with Crippen LogP contribution in [0.25, 0.3) is 6.08 Å². The molecule has 0 fully saturated rings. The van der Waals surface area contributed by atoms with Gasteiger partial charge in [0.05, 0.1) is 31.4 Å². The average Bonchev–Trinajstić information content (AvgIpc) is 2.66. The largest absolute Gasteiger partial charge is 0.493 e.